The molecule has 0 saturated heterocycles. The number of carbonyl (C=O) groups is 1. The minimum absolute atomic E-state index is 0.109. The van der Waals surface area contributed by atoms with Crippen LogP contribution in [0.4, 0.5) is 5.69 Å². The number of carbonyl (C=O) groups excluding carboxylic acids is 1. The summed E-state index contributed by atoms with van der Waals surface area (Å²) in [6, 6.07) is 0.477. The zero-order valence-corrected chi connectivity index (χ0v) is 19.1. The highest BCUT2D eigenvalue weighted by molar-refractivity contribution is 5.95. The van der Waals surface area contributed by atoms with E-state index in [9.17, 15) is 4.79 Å². The van der Waals surface area contributed by atoms with Crippen molar-refractivity contribution in [1.82, 2.24) is 25.6 Å². The van der Waals surface area contributed by atoms with Crippen LogP contribution >= 0.6 is 0 Å². The van der Waals surface area contributed by atoms with Gasteiger partial charge in [0.2, 0.25) is 5.91 Å². The number of hydrogen-bond donors (Lipinski definition) is 3. The molecule has 1 aliphatic heterocycles. The summed E-state index contributed by atoms with van der Waals surface area (Å²) < 4.78 is 1.95. The number of anilines is 1. The van der Waals surface area contributed by atoms with Crippen molar-refractivity contribution in [1.29, 1.82) is 0 Å². The highest BCUT2D eigenvalue weighted by Gasteiger charge is 2.48. The number of hydrogen-bond acceptors (Lipinski definition) is 6. The normalized spacial score (nSPS) is 25.4. The topological polar surface area (TPSA) is 93.1 Å². The number of aromatic nitrogens is 3. The molecular formula is C24H34N6O2. The maximum absolute atomic E-state index is 11.6. The Bertz CT molecular complexity index is 1020. The van der Waals surface area contributed by atoms with Crippen LogP contribution in [0, 0.1) is 5.92 Å². The first-order valence-corrected chi connectivity index (χ1v) is 12.2. The second kappa shape index (κ2) is 8.73. The van der Waals surface area contributed by atoms with E-state index >= 15 is 0 Å². The van der Waals surface area contributed by atoms with Gasteiger partial charge in [-0.25, -0.2) is 9.67 Å². The van der Waals surface area contributed by atoms with Gasteiger partial charge >= 0.3 is 0 Å². The van der Waals surface area contributed by atoms with Gasteiger partial charge in [-0.15, -0.1) is 0 Å². The lowest BCUT2D eigenvalue weighted by atomic mass is 9.70. The molecule has 0 unspecified atom stereocenters. The van der Waals surface area contributed by atoms with Crippen molar-refractivity contribution in [2.75, 3.05) is 11.9 Å². The number of nitrogens with zero attached hydrogens (tertiary/aromatic N) is 3. The lowest BCUT2D eigenvalue weighted by molar-refractivity contribution is -0.124. The summed E-state index contributed by atoms with van der Waals surface area (Å²) in [5.41, 5.74) is 6.93. The van der Waals surface area contributed by atoms with Gasteiger partial charge in [-0.3, -0.25) is 15.1 Å². The molecule has 2 aromatic rings. The standard InChI is InChI=1S/C24H34N6O2/c1-3-21(31)25-13-16-10-24(11-16)12-20(29-32-24)18-14-26-23-19(15-27-30(23)4-2)22(18)28-17-8-6-5-7-9-17/h12,14-17,29H,3-11,13H2,1-2H3,(H,25,31)(H,26,28). The summed E-state index contributed by atoms with van der Waals surface area (Å²) in [6.45, 7) is 5.48. The number of rotatable bonds is 7. The van der Waals surface area contributed by atoms with E-state index in [0.29, 0.717) is 18.4 Å². The Morgan fingerprint density at radius 2 is 2.06 bits per heavy atom. The fourth-order valence-corrected chi connectivity index (χ4v) is 5.33. The molecule has 32 heavy (non-hydrogen) atoms. The fraction of sp³-hybridized carbons (Fsp3) is 0.625. The lowest BCUT2D eigenvalue weighted by Gasteiger charge is -2.41. The van der Waals surface area contributed by atoms with Gasteiger partial charge in [0, 0.05) is 37.3 Å². The SMILES string of the molecule is CCC(=O)NCC1CC2(C=C(c3cnc4c(cnn4CC)c3NC3CCCCC3)NO2)C1. The third kappa shape index (κ3) is 3.96. The summed E-state index contributed by atoms with van der Waals surface area (Å²) in [5.74, 6) is 0.559. The Kier molecular flexibility index (Phi) is 5.80. The second-order valence-electron chi connectivity index (χ2n) is 9.48. The van der Waals surface area contributed by atoms with E-state index in [2.05, 4.69) is 34.2 Å². The van der Waals surface area contributed by atoms with Gasteiger partial charge in [0.15, 0.2) is 5.65 Å². The van der Waals surface area contributed by atoms with Crippen molar-refractivity contribution >= 4 is 28.3 Å². The van der Waals surface area contributed by atoms with E-state index in [-0.39, 0.29) is 11.5 Å². The van der Waals surface area contributed by atoms with Crippen molar-refractivity contribution in [3.8, 4) is 0 Å². The zero-order chi connectivity index (χ0) is 22.1. The molecule has 2 fully saturated rings. The second-order valence-corrected chi connectivity index (χ2v) is 9.48. The molecule has 172 valence electrons. The highest BCUT2D eigenvalue weighted by atomic mass is 16.7. The molecule has 3 N–H and O–H groups in total. The van der Waals surface area contributed by atoms with Crippen LogP contribution in [-0.2, 0) is 16.2 Å². The first-order valence-electron chi connectivity index (χ1n) is 12.2. The monoisotopic (exact) mass is 438 g/mol. The van der Waals surface area contributed by atoms with Crippen LogP contribution in [0.5, 0.6) is 0 Å². The van der Waals surface area contributed by atoms with E-state index in [1.165, 1.54) is 32.1 Å². The quantitative estimate of drug-likeness (QED) is 0.610. The first kappa shape index (κ1) is 21.2. The van der Waals surface area contributed by atoms with Crippen LogP contribution in [0.2, 0.25) is 0 Å². The minimum Gasteiger partial charge on any atom is -0.381 e. The largest absolute Gasteiger partial charge is 0.381 e. The average molecular weight is 439 g/mol. The van der Waals surface area contributed by atoms with E-state index in [1.807, 2.05) is 24.0 Å². The molecule has 2 saturated carbocycles. The number of amides is 1. The van der Waals surface area contributed by atoms with Gasteiger partial charge in [-0.2, -0.15) is 5.10 Å². The number of pyridine rings is 1. The van der Waals surface area contributed by atoms with Crippen molar-refractivity contribution in [3.05, 3.63) is 24.0 Å². The van der Waals surface area contributed by atoms with Crippen LogP contribution in [0.3, 0.4) is 0 Å². The Balaban J connectivity index is 1.39. The molecule has 5 rings (SSSR count). The van der Waals surface area contributed by atoms with Gasteiger partial charge in [0.1, 0.15) is 5.60 Å². The summed E-state index contributed by atoms with van der Waals surface area (Å²) in [6.07, 6.45) is 14.7. The average Bonchev–Trinajstić information content (AvgIpc) is 3.42. The van der Waals surface area contributed by atoms with Gasteiger partial charge in [-0.1, -0.05) is 26.2 Å². The smallest absolute Gasteiger partial charge is 0.219 e. The van der Waals surface area contributed by atoms with Crippen LogP contribution in [0.15, 0.2) is 18.5 Å². The number of fused-ring (bicyclic) bond motifs is 1. The first-order chi connectivity index (χ1) is 15.6. The van der Waals surface area contributed by atoms with Gasteiger partial charge in [0.05, 0.1) is 23.0 Å². The molecule has 3 heterocycles. The zero-order valence-electron chi connectivity index (χ0n) is 19.1. The lowest BCUT2D eigenvalue weighted by Crippen LogP contribution is -2.48. The fourth-order valence-electron chi connectivity index (χ4n) is 5.33. The predicted octanol–water partition coefficient (Wildman–Crippen LogP) is 3.75. The molecule has 2 aromatic heterocycles. The van der Waals surface area contributed by atoms with Gasteiger partial charge in [-0.05, 0) is 44.6 Å². The van der Waals surface area contributed by atoms with Gasteiger partial charge < -0.3 is 10.6 Å². The maximum atomic E-state index is 11.6. The molecule has 1 spiro atoms. The molecule has 0 aromatic carbocycles. The highest BCUT2D eigenvalue weighted by Crippen LogP contribution is 2.46. The molecule has 8 heteroatoms. The summed E-state index contributed by atoms with van der Waals surface area (Å²) in [5, 5.41) is 12.5. The number of nitrogens with one attached hydrogen (secondary N) is 3. The molecule has 2 aliphatic carbocycles. The molecule has 0 radical (unpaired) electrons. The van der Waals surface area contributed by atoms with Crippen molar-refractivity contribution in [3.63, 3.8) is 0 Å². The summed E-state index contributed by atoms with van der Waals surface area (Å²) in [4.78, 5) is 22.4. The third-order valence-corrected chi connectivity index (χ3v) is 7.16. The summed E-state index contributed by atoms with van der Waals surface area (Å²) in [7, 11) is 0. The van der Waals surface area contributed by atoms with E-state index in [0.717, 1.165) is 53.9 Å². The Morgan fingerprint density at radius 3 is 2.81 bits per heavy atom. The van der Waals surface area contributed by atoms with E-state index in [4.69, 9.17) is 9.82 Å². The molecular weight excluding hydrogens is 404 g/mol. The molecule has 0 bridgehead atoms. The van der Waals surface area contributed by atoms with Crippen LogP contribution in [-0.4, -0.2) is 38.9 Å². The van der Waals surface area contributed by atoms with Crippen molar-refractivity contribution in [2.24, 2.45) is 5.92 Å². The molecule has 8 nitrogen and oxygen atoms in total. The number of hydroxylamine groups is 1. The third-order valence-electron chi connectivity index (χ3n) is 7.16. The van der Waals surface area contributed by atoms with E-state index in [1.54, 1.807) is 0 Å². The molecule has 1 amide bonds. The predicted molar refractivity (Wildman–Crippen MR) is 125 cm³/mol. The molecule has 3 aliphatic rings. The Morgan fingerprint density at radius 1 is 1.25 bits per heavy atom. The maximum Gasteiger partial charge on any atom is 0.219 e. The molecule has 0 atom stereocenters. The van der Waals surface area contributed by atoms with Gasteiger partial charge in [0.25, 0.3) is 0 Å². The minimum atomic E-state index is -0.290. The summed E-state index contributed by atoms with van der Waals surface area (Å²) >= 11 is 0. The number of aryl methyl sites for hydroxylation is 1. The van der Waals surface area contributed by atoms with Crippen molar-refractivity contribution < 1.29 is 9.63 Å². The Labute approximate surface area is 189 Å². The van der Waals surface area contributed by atoms with Crippen molar-refractivity contribution in [2.45, 2.75) is 83.4 Å². The Hall–Kier alpha value is -2.61. The van der Waals surface area contributed by atoms with Crippen LogP contribution in [0.25, 0.3) is 16.7 Å². The van der Waals surface area contributed by atoms with Crippen LogP contribution in [0.1, 0.15) is 70.8 Å². The van der Waals surface area contributed by atoms with Crippen LogP contribution < -0.4 is 16.1 Å². The van der Waals surface area contributed by atoms with E-state index < -0.39 is 0 Å².